The molecule has 1 aliphatic rings. The second-order valence-electron chi connectivity index (χ2n) is 3.17. The third-order valence-corrected chi connectivity index (χ3v) is 2.80. The van der Waals surface area contributed by atoms with Crippen LogP contribution >= 0.6 is 15.9 Å². The van der Waals surface area contributed by atoms with Gasteiger partial charge in [-0.3, -0.25) is 0 Å². The number of carbonyl (C=O) groups is 1. The molecule has 1 unspecified atom stereocenters. The molecule has 2 N–H and O–H groups in total. The number of carbonyl (C=O) groups excluding carboxylic acids is 1. The SMILES string of the molecule is CCOC(=O)C1=CC(Br)=C(CO)NC1C. The summed E-state index contributed by atoms with van der Waals surface area (Å²) in [6.45, 7) is 3.88. The van der Waals surface area contributed by atoms with E-state index in [4.69, 9.17) is 9.84 Å². The highest BCUT2D eigenvalue weighted by Crippen LogP contribution is 2.22. The Bertz CT molecular complexity index is 323. The molecule has 1 rings (SSSR count). The van der Waals surface area contributed by atoms with Crippen LogP contribution in [0.1, 0.15) is 13.8 Å². The first kappa shape index (κ1) is 12.3. The maximum atomic E-state index is 11.5. The molecule has 0 spiro atoms. The van der Waals surface area contributed by atoms with Gasteiger partial charge in [0, 0.05) is 4.48 Å². The van der Waals surface area contributed by atoms with E-state index in [9.17, 15) is 4.79 Å². The Labute approximate surface area is 97.1 Å². The molecule has 0 aromatic carbocycles. The van der Waals surface area contributed by atoms with Gasteiger partial charge in [-0.25, -0.2) is 4.79 Å². The zero-order valence-corrected chi connectivity index (χ0v) is 10.3. The second-order valence-corrected chi connectivity index (χ2v) is 4.03. The molecule has 0 saturated carbocycles. The highest BCUT2D eigenvalue weighted by Gasteiger charge is 2.23. The number of nitrogens with one attached hydrogen (secondary N) is 1. The molecule has 15 heavy (non-hydrogen) atoms. The lowest BCUT2D eigenvalue weighted by Crippen LogP contribution is -2.35. The highest BCUT2D eigenvalue weighted by molar-refractivity contribution is 9.11. The number of esters is 1. The monoisotopic (exact) mass is 275 g/mol. The van der Waals surface area contributed by atoms with Gasteiger partial charge in [0.2, 0.25) is 0 Å². The van der Waals surface area contributed by atoms with E-state index in [1.165, 1.54) is 0 Å². The van der Waals surface area contributed by atoms with Crippen molar-refractivity contribution < 1.29 is 14.6 Å². The first-order chi connectivity index (χ1) is 7.10. The Morgan fingerprint density at radius 2 is 2.40 bits per heavy atom. The largest absolute Gasteiger partial charge is 0.463 e. The molecule has 0 amide bonds. The van der Waals surface area contributed by atoms with Crippen molar-refractivity contribution in [2.45, 2.75) is 19.9 Å². The van der Waals surface area contributed by atoms with Crippen LogP contribution in [-0.2, 0) is 9.53 Å². The molecule has 0 radical (unpaired) electrons. The lowest BCUT2D eigenvalue weighted by Gasteiger charge is -2.24. The fraction of sp³-hybridized carbons (Fsp3) is 0.500. The van der Waals surface area contributed by atoms with Gasteiger partial charge in [0.1, 0.15) is 0 Å². The molecule has 0 aromatic heterocycles. The number of ether oxygens (including phenoxy) is 1. The summed E-state index contributed by atoms with van der Waals surface area (Å²) >= 11 is 3.28. The van der Waals surface area contributed by atoms with Gasteiger partial charge in [0.15, 0.2) is 0 Å². The zero-order chi connectivity index (χ0) is 11.4. The quantitative estimate of drug-likeness (QED) is 0.757. The number of rotatable bonds is 3. The third kappa shape index (κ3) is 2.82. The average molecular weight is 276 g/mol. The summed E-state index contributed by atoms with van der Waals surface area (Å²) in [5.74, 6) is -0.327. The summed E-state index contributed by atoms with van der Waals surface area (Å²) in [6, 6.07) is -0.146. The van der Waals surface area contributed by atoms with Crippen molar-refractivity contribution in [2.24, 2.45) is 0 Å². The average Bonchev–Trinajstić information content (AvgIpc) is 2.21. The lowest BCUT2D eigenvalue weighted by atomic mass is 10.0. The van der Waals surface area contributed by atoms with E-state index >= 15 is 0 Å². The van der Waals surface area contributed by atoms with Gasteiger partial charge in [-0.2, -0.15) is 0 Å². The standard InChI is InChI=1S/C10H14BrNO3/c1-3-15-10(14)7-4-8(11)9(5-13)12-6(7)2/h4,6,12-13H,3,5H2,1-2H3. The Hall–Kier alpha value is -0.810. The minimum atomic E-state index is -0.327. The summed E-state index contributed by atoms with van der Waals surface area (Å²) in [4.78, 5) is 11.5. The second kappa shape index (κ2) is 5.32. The van der Waals surface area contributed by atoms with E-state index in [1.807, 2.05) is 6.92 Å². The molecule has 4 nitrogen and oxygen atoms in total. The first-order valence-corrected chi connectivity index (χ1v) is 5.54. The van der Waals surface area contributed by atoms with Crippen molar-refractivity contribution in [3.8, 4) is 0 Å². The van der Waals surface area contributed by atoms with Gasteiger partial charge >= 0.3 is 5.97 Å². The Morgan fingerprint density at radius 1 is 1.73 bits per heavy atom. The fourth-order valence-corrected chi connectivity index (χ4v) is 1.81. The molecule has 0 aliphatic carbocycles. The molecule has 1 aliphatic heterocycles. The first-order valence-electron chi connectivity index (χ1n) is 4.74. The van der Waals surface area contributed by atoms with Crippen LogP contribution < -0.4 is 5.32 Å². The van der Waals surface area contributed by atoms with Crippen molar-refractivity contribution in [1.82, 2.24) is 5.32 Å². The topological polar surface area (TPSA) is 58.6 Å². The van der Waals surface area contributed by atoms with Crippen LogP contribution in [0.4, 0.5) is 0 Å². The lowest BCUT2D eigenvalue weighted by molar-refractivity contribution is -0.138. The summed E-state index contributed by atoms with van der Waals surface area (Å²) < 4.78 is 5.60. The van der Waals surface area contributed by atoms with Crippen LogP contribution in [0.15, 0.2) is 21.8 Å². The van der Waals surface area contributed by atoms with E-state index in [0.29, 0.717) is 22.4 Å². The number of halogens is 1. The minimum Gasteiger partial charge on any atom is -0.463 e. The van der Waals surface area contributed by atoms with Crippen molar-refractivity contribution in [3.63, 3.8) is 0 Å². The Balaban J connectivity index is 2.89. The van der Waals surface area contributed by atoms with Gasteiger partial charge in [0.25, 0.3) is 0 Å². The van der Waals surface area contributed by atoms with Crippen LogP contribution in [0.25, 0.3) is 0 Å². The van der Waals surface area contributed by atoms with Crippen LogP contribution in [0.3, 0.4) is 0 Å². The Kier molecular flexibility index (Phi) is 4.35. The molecule has 1 atom stereocenters. The molecule has 0 saturated heterocycles. The van der Waals surface area contributed by atoms with Gasteiger partial charge in [0.05, 0.1) is 30.5 Å². The van der Waals surface area contributed by atoms with Crippen molar-refractivity contribution in [2.75, 3.05) is 13.2 Å². The van der Waals surface area contributed by atoms with Crippen molar-refractivity contribution in [3.05, 3.63) is 21.8 Å². The molecule has 0 bridgehead atoms. The predicted octanol–water partition coefficient (Wildman–Crippen LogP) is 1.07. The molecule has 84 valence electrons. The fourth-order valence-electron chi connectivity index (χ4n) is 1.33. The summed E-state index contributed by atoms with van der Waals surface area (Å²) in [7, 11) is 0. The van der Waals surface area contributed by atoms with E-state index in [2.05, 4.69) is 21.2 Å². The van der Waals surface area contributed by atoms with Gasteiger partial charge in [-0.05, 0) is 35.9 Å². The summed E-state index contributed by atoms with van der Waals surface area (Å²) in [5.41, 5.74) is 1.23. The molecule has 0 aromatic rings. The van der Waals surface area contributed by atoms with E-state index < -0.39 is 0 Å². The van der Waals surface area contributed by atoms with E-state index in [0.717, 1.165) is 0 Å². The predicted molar refractivity (Wildman–Crippen MR) is 60.4 cm³/mol. The van der Waals surface area contributed by atoms with Crippen LogP contribution in [-0.4, -0.2) is 30.3 Å². The maximum absolute atomic E-state index is 11.5. The van der Waals surface area contributed by atoms with Gasteiger partial charge in [-0.15, -0.1) is 0 Å². The third-order valence-electron chi connectivity index (χ3n) is 2.10. The zero-order valence-electron chi connectivity index (χ0n) is 8.71. The maximum Gasteiger partial charge on any atom is 0.336 e. The van der Waals surface area contributed by atoms with Crippen molar-refractivity contribution >= 4 is 21.9 Å². The minimum absolute atomic E-state index is 0.0858. The molecular formula is C10H14BrNO3. The summed E-state index contributed by atoms with van der Waals surface area (Å²) in [5, 5.41) is 12.0. The number of aliphatic hydroxyl groups is 1. The van der Waals surface area contributed by atoms with E-state index in [1.54, 1.807) is 13.0 Å². The van der Waals surface area contributed by atoms with Crippen LogP contribution in [0.5, 0.6) is 0 Å². The molecular weight excluding hydrogens is 262 g/mol. The normalized spacial score (nSPS) is 20.8. The van der Waals surface area contributed by atoms with Crippen molar-refractivity contribution in [1.29, 1.82) is 0 Å². The number of aliphatic hydroxyl groups excluding tert-OH is 1. The number of dihydropyridines is 1. The number of hydrogen-bond donors (Lipinski definition) is 2. The van der Waals surface area contributed by atoms with Gasteiger partial charge in [-0.1, -0.05) is 0 Å². The highest BCUT2D eigenvalue weighted by atomic mass is 79.9. The van der Waals surface area contributed by atoms with Crippen LogP contribution in [0, 0.1) is 0 Å². The molecule has 0 fully saturated rings. The Morgan fingerprint density at radius 3 is 2.93 bits per heavy atom. The van der Waals surface area contributed by atoms with Crippen LogP contribution in [0.2, 0.25) is 0 Å². The van der Waals surface area contributed by atoms with Gasteiger partial charge < -0.3 is 15.2 Å². The molecule has 1 heterocycles. The number of hydrogen-bond acceptors (Lipinski definition) is 4. The number of allylic oxidation sites excluding steroid dienone is 2. The smallest absolute Gasteiger partial charge is 0.336 e. The van der Waals surface area contributed by atoms with E-state index in [-0.39, 0.29) is 18.6 Å². The molecule has 5 heteroatoms. The summed E-state index contributed by atoms with van der Waals surface area (Å²) in [6.07, 6.45) is 1.69.